The van der Waals surface area contributed by atoms with Gasteiger partial charge >= 0.3 is 0 Å². The lowest BCUT2D eigenvalue weighted by atomic mass is 10.2. The second-order valence-corrected chi connectivity index (χ2v) is 5.87. The fraction of sp³-hybridized carbons (Fsp3) is 0.267. The van der Waals surface area contributed by atoms with Gasteiger partial charge in [0.2, 0.25) is 0 Å². The summed E-state index contributed by atoms with van der Waals surface area (Å²) in [6.45, 7) is 4.03. The van der Waals surface area contributed by atoms with Crippen molar-refractivity contribution in [1.29, 1.82) is 0 Å². The van der Waals surface area contributed by atoms with Gasteiger partial charge in [-0.15, -0.1) is 0 Å². The minimum atomic E-state index is -0.214. The number of amides is 1. The van der Waals surface area contributed by atoms with E-state index in [1.54, 1.807) is 31.4 Å². The topological polar surface area (TPSA) is 69.3 Å². The number of nitrogen functional groups attached to an aromatic ring is 1. The zero-order chi connectivity index (χ0) is 15.6. The maximum atomic E-state index is 12.5. The van der Waals surface area contributed by atoms with Gasteiger partial charge in [-0.1, -0.05) is 0 Å². The number of rotatable bonds is 4. The molecule has 0 saturated heterocycles. The first-order valence-electron chi connectivity index (χ1n) is 6.54. The molecule has 5 nitrogen and oxygen atoms in total. The molecule has 0 unspecified atom stereocenters. The van der Waals surface area contributed by atoms with Gasteiger partial charge in [0.15, 0.2) is 0 Å². The molecule has 0 spiro atoms. The molecule has 1 aromatic carbocycles. The van der Waals surface area contributed by atoms with Crippen LogP contribution in [-0.4, -0.2) is 17.6 Å². The van der Waals surface area contributed by atoms with Crippen molar-refractivity contribution in [3.8, 4) is 5.75 Å². The van der Waals surface area contributed by atoms with Crippen molar-refractivity contribution in [3.05, 3.63) is 40.6 Å². The van der Waals surface area contributed by atoms with E-state index in [4.69, 9.17) is 10.5 Å². The van der Waals surface area contributed by atoms with E-state index in [2.05, 4.69) is 21.2 Å². The minimum absolute atomic E-state index is 0.180. The molecule has 1 heterocycles. The van der Waals surface area contributed by atoms with Crippen molar-refractivity contribution in [2.75, 3.05) is 18.2 Å². The summed E-state index contributed by atoms with van der Waals surface area (Å²) >= 11 is 3.40. The Morgan fingerprint density at radius 1 is 1.38 bits per heavy atom. The molecule has 0 aliphatic rings. The van der Waals surface area contributed by atoms with E-state index in [0.29, 0.717) is 22.8 Å². The van der Waals surface area contributed by atoms with Gasteiger partial charge in [0, 0.05) is 22.8 Å². The SMILES string of the molecule is COc1ccc(N)c(NC(=O)c2cc(Br)cn2C(C)C)c1. The molecule has 1 aromatic heterocycles. The summed E-state index contributed by atoms with van der Waals surface area (Å²) < 4.78 is 7.90. The number of benzene rings is 1. The van der Waals surface area contributed by atoms with E-state index in [1.807, 2.05) is 24.6 Å². The standard InChI is InChI=1S/C15H18BrN3O2/c1-9(2)19-8-10(16)6-14(19)15(20)18-13-7-11(21-3)4-5-12(13)17/h4-9H,17H2,1-3H3,(H,18,20). The summed E-state index contributed by atoms with van der Waals surface area (Å²) in [4.78, 5) is 12.5. The fourth-order valence-electron chi connectivity index (χ4n) is 2.01. The van der Waals surface area contributed by atoms with E-state index < -0.39 is 0 Å². The number of halogens is 1. The summed E-state index contributed by atoms with van der Waals surface area (Å²) in [7, 11) is 1.57. The van der Waals surface area contributed by atoms with Crippen LogP contribution in [0.15, 0.2) is 34.9 Å². The van der Waals surface area contributed by atoms with Crippen LogP contribution >= 0.6 is 15.9 Å². The third-order valence-electron chi connectivity index (χ3n) is 3.11. The second-order valence-electron chi connectivity index (χ2n) is 4.95. The number of hydrogen-bond donors (Lipinski definition) is 2. The predicted molar refractivity (Wildman–Crippen MR) is 87.9 cm³/mol. The third kappa shape index (κ3) is 3.39. The summed E-state index contributed by atoms with van der Waals surface area (Å²) in [6.07, 6.45) is 1.88. The molecule has 0 radical (unpaired) electrons. The average Bonchev–Trinajstić information content (AvgIpc) is 2.83. The van der Waals surface area contributed by atoms with Crippen molar-refractivity contribution in [1.82, 2.24) is 4.57 Å². The Hall–Kier alpha value is -1.95. The van der Waals surface area contributed by atoms with Crippen molar-refractivity contribution in [2.45, 2.75) is 19.9 Å². The summed E-state index contributed by atoms with van der Waals surface area (Å²) in [5.74, 6) is 0.425. The van der Waals surface area contributed by atoms with Crippen LogP contribution in [0.25, 0.3) is 0 Å². The Morgan fingerprint density at radius 3 is 2.71 bits per heavy atom. The lowest BCUT2D eigenvalue weighted by molar-refractivity contribution is 0.101. The molecule has 0 aliphatic carbocycles. The molecule has 21 heavy (non-hydrogen) atoms. The monoisotopic (exact) mass is 351 g/mol. The molecule has 0 saturated carbocycles. The zero-order valence-corrected chi connectivity index (χ0v) is 13.8. The predicted octanol–water partition coefficient (Wildman–Crippen LogP) is 3.67. The lowest BCUT2D eigenvalue weighted by Crippen LogP contribution is -2.18. The van der Waals surface area contributed by atoms with Gasteiger partial charge in [-0.2, -0.15) is 0 Å². The number of aromatic nitrogens is 1. The molecule has 2 aromatic rings. The highest BCUT2D eigenvalue weighted by Crippen LogP contribution is 2.26. The number of nitrogens with zero attached hydrogens (tertiary/aromatic N) is 1. The van der Waals surface area contributed by atoms with Crippen molar-refractivity contribution in [2.24, 2.45) is 0 Å². The maximum absolute atomic E-state index is 12.5. The molecule has 3 N–H and O–H groups in total. The van der Waals surface area contributed by atoms with Crippen LogP contribution in [0.2, 0.25) is 0 Å². The Morgan fingerprint density at radius 2 is 2.10 bits per heavy atom. The number of nitrogens with two attached hydrogens (primary N) is 1. The van der Waals surface area contributed by atoms with Gasteiger partial charge in [0.05, 0.1) is 18.5 Å². The molecule has 1 amide bonds. The molecular weight excluding hydrogens is 334 g/mol. The van der Waals surface area contributed by atoms with Crippen LogP contribution in [0.5, 0.6) is 5.75 Å². The van der Waals surface area contributed by atoms with Crippen LogP contribution in [0, 0.1) is 0 Å². The zero-order valence-electron chi connectivity index (χ0n) is 12.2. The van der Waals surface area contributed by atoms with Gasteiger partial charge in [-0.25, -0.2) is 0 Å². The highest BCUT2D eigenvalue weighted by atomic mass is 79.9. The van der Waals surface area contributed by atoms with Gasteiger partial charge in [-0.3, -0.25) is 4.79 Å². The summed E-state index contributed by atoms with van der Waals surface area (Å²) in [6, 6.07) is 7.11. The first-order chi connectivity index (χ1) is 9.92. The Balaban J connectivity index is 2.30. The van der Waals surface area contributed by atoms with Gasteiger partial charge in [-0.05, 0) is 48.0 Å². The normalized spacial score (nSPS) is 10.7. The van der Waals surface area contributed by atoms with E-state index in [0.717, 1.165) is 4.47 Å². The molecule has 112 valence electrons. The van der Waals surface area contributed by atoms with E-state index >= 15 is 0 Å². The molecule has 6 heteroatoms. The highest BCUT2D eigenvalue weighted by molar-refractivity contribution is 9.10. The van der Waals surface area contributed by atoms with Crippen LogP contribution < -0.4 is 15.8 Å². The van der Waals surface area contributed by atoms with Crippen LogP contribution in [0.3, 0.4) is 0 Å². The first kappa shape index (κ1) is 15.4. The number of nitrogens with one attached hydrogen (secondary N) is 1. The number of hydrogen-bond acceptors (Lipinski definition) is 3. The van der Waals surface area contributed by atoms with Crippen molar-refractivity contribution >= 4 is 33.2 Å². The molecule has 2 rings (SSSR count). The molecular formula is C15H18BrN3O2. The van der Waals surface area contributed by atoms with Crippen LogP contribution in [-0.2, 0) is 0 Å². The Labute approximate surface area is 132 Å². The average molecular weight is 352 g/mol. The highest BCUT2D eigenvalue weighted by Gasteiger charge is 2.16. The van der Waals surface area contributed by atoms with E-state index in [-0.39, 0.29) is 11.9 Å². The van der Waals surface area contributed by atoms with Crippen molar-refractivity contribution < 1.29 is 9.53 Å². The first-order valence-corrected chi connectivity index (χ1v) is 7.34. The number of methoxy groups -OCH3 is 1. The Bertz CT molecular complexity index is 665. The largest absolute Gasteiger partial charge is 0.497 e. The smallest absolute Gasteiger partial charge is 0.272 e. The molecule has 0 aliphatic heterocycles. The lowest BCUT2D eigenvalue weighted by Gasteiger charge is -2.14. The van der Waals surface area contributed by atoms with Crippen molar-refractivity contribution in [3.63, 3.8) is 0 Å². The number of anilines is 2. The minimum Gasteiger partial charge on any atom is -0.497 e. The van der Waals surface area contributed by atoms with E-state index in [1.165, 1.54) is 0 Å². The van der Waals surface area contributed by atoms with E-state index in [9.17, 15) is 4.79 Å². The van der Waals surface area contributed by atoms with Gasteiger partial charge in [0.1, 0.15) is 11.4 Å². The molecule has 0 atom stereocenters. The molecule has 0 fully saturated rings. The summed E-state index contributed by atoms with van der Waals surface area (Å²) in [5, 5.41) is 2.82. The number of carbonyl (C=O) groups is 1. The second kappa shape index (κ2) is 6.22. The van der Waals surface area contributed by atoms with Crippen LogP contribution in [0.1, 0.15) is 30.4 Å². The van der Waals surface area contributed by atoms with Gasteiger partial charge < -0.3 is 20.4 Å². The molecule has 0 bridgehead atoms. The van der Waals surface area contributed by atoms with Crippen LogP contribution in [0.4, 0.5) is 11.4 Å². The summed E-state index contributed by atoms with van der Waals surface area (Å²) in [5.41, 5.74) is 7.48. The fourth-order valence-corrected chi connectivity index (χ4v) is 2.45. The number of carbonyl (C=O) groups excluding carboxylic acids is 1. The third-order valence-corrected chi connectivity index (χ3v) is 3.55. The maximum Gasteiger partial charge on any atom is 0.272 e. The Kier molecular flexibility index (Phi) is 4.57. The van der Waals surface area contributed by atoms with Gasteiger partial charge in [0.25, 0.3) is 5.91 Å². The number of ether oxygens (including phenoxy) is 1. The quantitative estimate of drug-likeness (QED) is 0.825.